The van der Waals surface area contributed by atoms with E-state index in [4.69, 9.17) is 4.74 Å². The summed E-state index contributed by atoms with van der Waals surface area (Å²) in [5.41, 5.74) is 0.817. The van der Waals surface area contributed by atoms with Crippen LogP contribution < -0.4 is 25.8 Å². The molecule has 1 fully saturated rings. The lowest BCUT2D eigenvalue weighted by atomic mass is 9.89. The number of barbiturate groups is 1. The number of allylic oxidation sites excluding steroid dienone is 1. The molecule has 3 heterocycles. The summed E-state index contributed by atoms with van der Waals surface area (Å²) in [6.45, 7) is 7.70. The first-order chi connectivity index (χ1) is 15.0. The molecule has 0 atom stereocenters. The van der Waals surface area contributed by atoms with Gasteiger partial charge in [0.25, 0.3) is 17.4 Å². The van der Waals surface area contributed by atoms with Gasteiger partial charge in [0.2, 0.25) is 0 Å². The third-order valence-electron chi connectivity index (χ3n) is 5.71. The van der Waals surface area contributed by atoms with Crippen LogP contribution in [0.1, 0.15) is 18.4 Å². The lowest BCUT2D eigenvalue weighted by Gasteiger charge is -2.35. The van der Waals surface area contributed by atoms with Crippen molar-refractivity contribution in [2.75, 3.05) is 0 Å². The molecule has 2 N–H and O–H groups in total. The number of urea groups is 1. The summed E-state index contributed by atoms with van der Waals surface area (Å²) in [6, 6.07) is 4.69. The van der Waals surface area contributed by atoms with E-state index in [1.165, 1.54) is 0 Å². The predicted octanol–water partition coefficient (Wildman–Crippen LogP) is 2.02. The summed E-state index contributed by atoms with van der Waals surface area (Å²) in [5.74, 6) is -1.16. The zero-order chi connectivity index (χ0) is 21.8. The van der Waals surface area contributed by atoms with Gasteiger partial charge in [0.1, 0.15) is 5.75 Å². The Morgan fingerprint density at radius 1 is 1.06 bits per heavy atom. The van der Waals surface area contributed by atoms with E-state index >= 15 is 0 Å². The first-order valence-electron chi connectivity index (χ1n) is 9.80. The number of fused-ring (bicyclic) bond motifs is 4. The molecule has 8 heteroatoms. The lowest BCUT2D eigenvalue weighted by Crippen LogP contribution is -2.69. The smallest absolute Gasteiger partial charge is 0.328 e. The SMILES string of the molecule is C=CCC1=c2c(cc3ccc4c(c3c2CC=C)=CCC2(O4)C(=O)NC(=O)NC2=O)N=N1. The number of nitrogens with zero attached hydrogens (tertiary/aromatic N) is 2. The Morgan fingerprint density at radius 3 is 2.52 bits per heavy atom. The minimum absolute atomic E-state index is 0.00729. The van der Waals surface area contributed by atoms with Crippen LogP contribution in [0.3, 0.4) is 0 Å². The number of azo groups is 1. The number of nitrogens with one attached hydrogen (secondary N) is 2. The molecule has 31 heavy (non-hydrogen) atoms. The number of amides is 4. The van der Waals surface area contributed by atoms with Crippen molar-refractivity contribution < 1.29 is 19.1 Å². The largest absolute Gasteiger partial charge is 0.466 e. The van der Waals surface area contributed by atoms with Gasteiger partial charge in [-0.3, -0.25) is 20.2 Å². The summed E-state index contributed by atoms with van der Waals surface area (Å²) in [6.07, 6.45) is 6.57. The Balaban J connectivity index is 1.77. The average molecular weight is 414 g/mol. The zero-order valence-electron chi connectivity index (χ0n) is 16.5. The van der Waals surface area contributed by atoms with E-state index < -0.39 is 23.4 Å². The molecule has 0 aliphatic carbocycles. The molecule has 3 aliphatic heterocycles. The number of hydrogen-bond donors (Lipinski definition) is 2. The second-order valence-electron chi connectivity index (χ2n) is 7.53. The monoisotopic (exact) mass is 414 g/mol. The Hall–Kier alpha value is -4.07. The fourth-order valence-electron chi connectivity index (χ4n) is 4.35. The minimum atomic E-state index is -1.81. The normalized spacial score (nSPS) is 18.1. The molecule has 0 unspecified atom stereocenters. The highest BCUT2D eigenvalue weighted by atomic mass is 16.5. The Bertz CT molecular complexity index is 1370. The van der Waals surface area contributed by atoms with Crippen LogP contribution in [0.5, 0.6) is 5.75 Å². The van der Waals surface area contributed by atoms with Gasteiger partial charge in [0, 0.05) is 23.3 Å². The van der Waals surface area contributed by atoms with E-state index in [0.29, 0.717) is 18.6 Å². The molecule has 1 saturated heterocycles. The highest BCUT2D eigenvalue weighted by Crippen LogP contribution is 2.32. The number of carbonyl (C=O) groups excluding carboxylic acids is 3. The van der Waals surface area contributed by atoms with Crippen molar-refractivity contribution in [3.05, 3.63) is 59.5 Å². The summed E-state index contributed by atoms with van der Waals surface area (Å²) in [7, 11) is 0. The summed E-state index contributed by atoms with van der Waals surface area (Å²) >= 11 is 0. The van der Waals surface area contributed by atoms with Gasteiger partial charge in [-0.2, -0.15) is 10.2 Å². The van der Waals surface area contributed by atoms with Gasteiger partial charge in [0.15, 0.2) is 0 Å². The Kier molecular flexibility index (Phi) is 4.11. The second-order valence-corrected chi connectivity index (χ2v) is 7.53. The van der Waals surface area contributed by atoms with Crippen molar-refractivity contribution in [3.8, 4) is 5.75 Å². The minimum Gasteiger partial charge on any atom is -0.466 e. The molecule has 154 valence electrons. The third-order valence-corrected chi connectivity index (χ3v) is 5.71. The summed E-state index contributed by atoms with van der Waals surface area (Å²) in [4.78, 5) is 36.5. The molecule has 0 aromatic heterocycles. The van der Waals surface area contributed by atoms with E-state index in [0.717, 1.165) is 38.2 Å². The second kappa shape index (κ2) is 6.73. The molecule has 2 aromatic rings. The van der Waals surface area contributed by atoms with Crippen molar-refractivity contribution in [1.29, 1.82) is 0 Å². The van der Waals surface area contributed by atoms with Crippen molar-refractivity contribution >= 4 is 46.1 Å². The lowest BCUT2D eigenvalue weighted by molar-refractivity contribution is -0.151. The van der Waals surface area contributed by atoms with Crippen LogP contribution in [0, 0.1) is 0 Å². The molecule has 8 nitrogen and oxygen atoms in total. The van der Waals surface area contributed by atoms with Crippen LogP contribution in [0.4, 0.5) is 10.5 Å². The summed E-state index contributed by atoms with van der Waals surface area (Å²) < 4.78 is 5.96. The van der Waals surface area contributed by atoms with Gasteiger partial charge >= 0.3 is 6.03 Å². The molecule has 0 radical (unpaired) electrons. The number of carbonyl (C=O) groups is 3. The van der Waals surface area contributed by atoms with Gasteiger partial charge in [0.05, 0.1) is 11.4 Å². The quantitative estimate of drug-likeness (QED) is 0.589. The van der Waals surface area contributed by atoms with Crippen LogP contribution in [-0.4, -0.2) is 23.4 Å². The van der Waals surface area contributed by atoms with E-state index in [2.05, 4.69) is 34.0 Å². The molecule has 5 rings (SSSR count). The molecule has 1 spiro atoms. The van der Waals surface area contributed by atoms with E-state index in [1.54, 1.807) is 12.1 Å². The Morgan fingerprint density at radius 2 is 1.81 bits per heavy atom. The standard InChI is InChI=1S/C23H18N4O4/c1-3-5-14-18-12(11-16-19(14)15(6-4-2)26-27-16)7-8-17-13(18)9-10-23(31-17)20(28)24-22(30)25-21(23)29/h3-4,7-9,11H,1-2,5-6,10H2,(H2,24,25,28,29,30). The van der Waals surface area contributed by atoms with Crippen LogP contribution in [0.25, 0.3) is 22.5 Å². The van der Waals surface area contributed by atoms with Crippen molar-refractivity contribution in [2.24, 2.45) is 10.2 Å². The van der Waals surface area contributed by atoms with E-state index in [1.807, 2.05) is 24.3 Å². The third kappa shape index (κ3) is 2.64. The number of rotatable bonds is 4. The van der Waals surface area contributed by atoms with Gasteiger partial charge in [-0.1, -0.05) is 24.3 Å². The van der Waals surface area contributed by atoms with Gasteiger partial charge < -0.3 is 4.74 Å². The highest BCUT2D eigenvalue weighted by molar-refractivity contribution is 6.22. The average Bonchev–Trinajstić information content (AvgIpc) is 3.14. The van der Waals surface area contributed by atoms with E-state index in [9.17, 15) is 14.4 Å². The van der Waals surface area contributed by atoms with Crippen LogP contribution in [-0.2, 0) is 16.0 Å². The molecule has 0 saturated carbocycles. The highest BCUT2D eigenvalue weighted by Gasteiger charge is 2.53. The number of ether oxygens (including phenoxy) is 1. The topological polar surface area (TPSA) is 109 Å². The van der Waals surface area contributed by atoms with Gasteiger partial charge in [-0.25, -0.2) is 4.79 Å². The fraction of sp³-hybridized carbons (Fsp3) is 0.174. The van der Waals surface area contributed by atoms with E-state index in [-0.39, 0.29) is 6.42 Å². The maximum absolute atomic E-state index is 12.5. The molecular weight excluding hydrogens is 396 g/mol. The maximum atomic E-state index is 12.5. The van der Waals surface area contributed by atoms with Gasteiger partial charge in [-0.05, 0) is 34.9 Å². The summed E-state index contributed by atoms with van der Waals surface area (Å²) in [5, 5.41) is 16.5. The van der Waals surface area contributed by atoms with Crippen molar-refractivity contribution in [3.63, 3.8) is 0 Å². The fourth-order valence-corrected chi connectivity index (χ4v) is 4.35. The van der Waals surface area contributed by atoms with Crippen LogP contribution >= 0.6 is 0 Å². The maximum Gasteiger partial charge on any atom is 0.328 e. The molecule has 4 amide bonds. The Labute approximate surface area is 176 Å². The van der Waals surface area contributed by atoms with Crippen molar-refractivity contribution in [1.82, 2.24) is 10.6 Å². The molecular formula is C23H18N4O4. The predicted molar refractivity (Wildman–Crippen MR) is 114 cm³/mol. The van der Waals surface area contributed by atoms with Crippen molar-refractivity contribution in [2.45, 2.75) is 24.9 Å². The van der Waals surface area contributed by atoms with Gasteiger partial charge in [-0.15, -0.1) is 13.2 Å². The first-order valence-corrected chi connectivity index (χ1v) is 9.80. The molecule has 2 aromatic carbocycles. The molecule has 0 bridgehead atoms. The van der Waals surface area contributed by atoms with Crippen LogP contribution in [0.15, 0.2) is 53.7 Å². The zero-order valence-corrected chi connectivity index (χ0v) is 16.5. The van der Waals surface area contributed by atoms with Crippen LogP contribution in [0.2, 0.25) is 0 Å². The number of hydrogen-bond acceptors (Lipinski definition) is 6. The first kappa shape index (κ1) is 18.9. The number of benzene rings is 2. The molecule has 3 aliphatic rings. The number of imide groups is 2.